The second-order valence-corrected chi connectivity index (χ2v) is 3.71. The van der Waals surface area contributed by atoms with Gasteiger partial charge in [-0.3, -0.25) is 10.4 Å². The molecule has 0 bridgehead atoms. The third kappa shape index (κ3) is 2.47. The maximum absolute atomic E-state index is 4.05. The van der Waals surface area contributed by atoms with E-state index in [1.165, 1.54) is 5.56 Å². The first-order valence-electron chi connectivity index (χ1n) is 4.14. The molecule has 0 unspecified atom stereocenters. The van der Waals surface area contributed by atoms with Gasteiger partial charge in [0, 0.05) is 5.75 Å². The normalized spacial score (nSPS) is 16.0. The predicted molar refractivity (Wildman–Crippen MR) is 56.1 cm³/mol. The standard InChI is InChI=1S/C9H11N3S/c1-2-4-9(5-3-1)6-13-12-8-10-7-11-12/h1-5,7H,6,8H2,(H,10,11). The smallest absolute Gasteiger partial charge is 0.122 e. The summed E-state index contributed by atoms with van der Waals surface area (Å²) in [5, 5.41) is 0. The van der Waals surface area contributed by atoms with Gasteiger partial charge in [0.1, 0.15) is 6.67 Å². The summed E-state index contributed by atoms with van der Waals surface area (Å²) in [6, 6.07) is 10.4. The number of nitrogens with zero attached hydrogens (tertiary/aromatic N) is 2. The maximum atomic E-state index is 4.05. The van der Waals surface area contributed by atoms with Gasteiger partial charge in [0.05, 0.1) is 6.34 Å². The van der Waals surface area contributed by atoms with Gasteiger partial charge < -0.3 is 0 Å². The van der Waals surface area contributed by atoms with Gasteiger partial charge in [-0.1, -0.05) is 42.3 Å². The van der Waals surface area contributed by atoms with Crippen molar-refractivity contribution in [1.82, 2.24) is 9.84 Å². The Kier molecular flexibility index (Phi) is 2.84. The summed E-state index contributed by atoms with van der Waals surface area (Å²) < 4.78 is 2.01. The maximum Gasteiger partial charge on any atom is 0.122 e. The van der Waals surface area contributed by atoms with Gasteiger partial charge in [0.2, 0.25) is 0 Å². The zero-order valence-electron chi connectivity index (χ0n) is 7.18. The molecule has 1 heterocycles. The zero-order valence-corrected chi connectivity index (χ0v) is 8.00. The van der Waals surface area contributed by atoms with Crippen LogP contribution in [0.1, 0.15) is 5.56 Å². The van der Waals surface area contributed by atoms with Crippen LogP contribution < -0.4 is 5.43 Å². The van der Waals surface area contributed by atoms with E-state index in [4.69, 9.17) is 0 Å². The average molecular weight is 193 g/mol. The average Bonchev–Trinajstić information content (AvgIpc) is 2.69. The van der Waals surface area contributed by atoms with Crippen molar-refractivity contribution in [2.45, 2.75) is 5.75 Å². The van der Waals surface area contributed by atoms with Crippen molar-refractivity contribution in [2.75, 3.05) is 6.67 Å². The Morgan fingerprint density at radius 1 is 1.38 bits per heavy atom. The number of benzene rings is 1. The number of nitrogens with one attached hydrogen (secondary N) is 1. The van der Waals surface area contributed by atoms with Crippen molar-refractivity contribution in [3.05, 3.63) is 35.9 Å². The fourth-order valence-corrected chi connectivity index (χ4v) is 1.83. The van der Waals surface area contributed by atoms with Crippen LogP contribution in [0.15, 0.2) is 35.3 Å². The molecule has 1 aromatic carbocycles. The topological polar surface area (TPSA) is 27.6 Å². The molecule has 0 saturated carbocycles. The van der Waals surface area contributed by atoms with E-state index < -0.39 is 0 Å². The number of aliphatic imine (C=N–C) groups is 1. The Hall–Kier alpha value is -1.00. The lowest BCUT2D eigenvalue weighted by Crippen LogP contribution is -2.24. The summed E-state index contributed by atoms with van der Waals surface area (Å²) in [6.07, 6.45) is 1.72. The van der Waals surface area contributed by atoms with E-state index in [0.717, 1.165) is 12.4 Å². The molecule has 0 saturated heterocycles. The molecule has 0 radical (unpaired) electrons. The van der Waals surface area contributed by atoms with Gasteiger partial charge in [0.25, 0.3) is 0 Å². The van der Waals surface area contributed by atoms with E-state index >= 15 is 0 Å². The van der Waals surface area contributed by atoms with Crippen LogP contribution >= 0.6 is 11.9 Å². The van der Waals surface area contributed by atoms with Crippen LogP contribution in [0.4, 0.5) is 0 Å². The first-order valence-corrected chi connectivity index (χ1v) is 5.08. The molecule has 68 valence electrons. The molecule has 1 aliphatic rings. The van der Waals surface area contributed by atoms with Crippen LogP contribution in [-0.4, -0.2) is 17.4 Å². The van der Waals surface area contributed by atoms with E-state index in [-0.39, 0.29) is 0 Å². The van der Waals surface area contributed by atoms with Crippen molar-refractivity contribution in [3.8, 4) is 0 Å². The molecule has 1 aromatic rings. The van der Waals surface area contributed by atoms with Crippen molar-refractivity contribution in [2.24, 2.45) is 4.99 Å². The minimum atomic E-state index is 0.734. The number of hydrogen-bond donors (Lipinski definition) is 1. The molecule has 0 spiro atoms. The largest absolute Gasteiger partial charge is 0.298 e. The van der Waals surface area contributed by atoms with Crippen LogP contribution in [-0.2, 0) is 5.75 Å². The summed E-state index contributed by atoms with van der Waals surface area (Å²) in [5.74, 6) is 0.983. The predicted octanol–water partition coefficient (Wildman–Crippen LogP) is 1.64. The quantitative estimate of drug-likeness (QED) is 0.739. The van der Waals surface area contributed by atoms with Crippen LogP contribution in [0.3, 0.4) is 0 Å². The van der Waals surface area contributed by atoms with Crippen LogP contribution in [0.5, 0.6) is 0 Å². The van der Waals surface area contributed by atoms with E-state index in [1.54, 1.807) is 18.3 Å². The lowest BCUT2D eigenvalue weighted by atomic mass is 10.2. The highest BCUT2D eigenvalue weighted by Gasteiger charge is 2.06. The van der Waals surface area contributed by atoms with Gasteiger partial charge >= 0.3 is 0 Å². The molecule has 0 aliphatic carbocycles. The fourth-order valence-electron chi connectivity index (χ4n) is 1.07. The molecule has 13 heavy (non-hydrogen) atoms. The molecule has 0 fully saturated rings. The van der Waals surface area contributed by atoms with Gasteiger partial charge in [0.15, 0.2) is 0 Å². The third-order valence-corrected chi connectivity index (χ3v) is 2.73. The lowest BCUT2D eigenvalue weighted by Gasteiger charge is -2.12. The van der Waals surface area contributed by atoms with Gasteiger partial charge in [-0.05, 0) is 5.56 Å². The number of hydrogen-bond acceptors (Lipinski definition) is 4. The molecule has 0 aromatic heterocycles. The second kappa shape index (κ2) is 4.30. The molecule has 0 atom stereocenters. The monoisotopic (exact) mass is 193 g/mol. The zero-order chi connectivity index (χ0) is 8.93. The number of rotatable bonds is 3. The summed E-state index contributed by atoms with van der Waals surface area (Å²) in [4.78, 5) is 4.05. The van der Waals surface area contributed by atoms with Crippen molar-refractivity contribution < 1.29 is 0 Å². The van der Waals surface area contributed by atoms with Crippen molar-refractivity contribution >= 4 is 18.3 Å². The number of hydrazine groups is 1. The van der Waals surface area contributed by atoms with Crippen molar-refractivity contribution in [3.63, 3.8) is 0 Å². The molecule has 0 amide bonds. The molecule has 4 heteroatoms. The van der Waals surface area contributed by atoms with E-state index in [1.807, 2.05) is 10.5 Å². The Morgan fingerprint density at radius 3 is 2.92 bits per heavy atom. The van der Waals surface area contributed by atoms with E-state index in [9.17, 15) is 0 Å². The lowest BCUT2D eigenvalue weighted by molar-refractivity contribution is 0.483. The minimum absolute atomic E-state index is 0.734. The summed E-state index contributed by atoms with van der Waals surface area (Å²) in [6.45, 7) is 0.734. The summed E-state index contributed by atoms with van der Waals surface area (Å²) in [7, 11) is 0. The fraction of sp³-hybridized carbons (Fsp3) is 0.222. The Balaban J connectivity index is 1.80. The first kappa shape index (κ1) is 8.59. The minimum Gasteiger partial charge on any atom is -0.298 e. The molecular formula is C9H11N3S. The molecule has 1 aliphatic heterocycles. The molecule has 3 nitrogen and oxygen atoms in total. The van der Waals surface area contributed by atoms with Gasteiger partial charge in [-0.15, -0.1) is 4.41 Å². The Morgan fingerprint density at radius 2 is 2.23 bits per heavy atom. The Bertz CT molecular complexity index is 278. The summed E-state index contributed by atoms with van der Waals surface area (Å²) >= 11 is 1.73. The molecular weight excluding hydrogens is 182 g/mol. The van der Waals surface area contributed by atoms with Gasteiger partial charge in [-0.25, -0.2) is 0 Å². The van der Waals surface area contributed by atoms with Gasteiger partial charge in [-0.2, -0.15) is 0 Å². The van der Waals surface area contributed by atoms with Crippen molar-refractivity contribution in [1.29, 1.82) is 0 Å². The highest BCUT2D eigenvalue weighted by molar-refractivity contribution is 7.96. The molecule has 2 rings (SSSR count). The van der Waals surface area contributed by atoms with E-state index in [2.05, 4.69) is 34.7 Å². The van der Waals surface area contributed by atoms with E-state index in [0.29, 0.717) is 0 Å². The summed E-state index contributed by atoms with van der Waals surface area (Å²) in [5.41, 5.74) is 4.37. The van der Waals surface area contributed by atoms with Crippen LogP contribution in [0, 0.1) is 0 Å². The Labute approximate surface area is 82.0 Å². The molecule has 1 N–H and O–H groups in total. The SMILES string of the molecule is C1=NCN(SCc2ccccc2)N1. The first-order chi connectivity index (χ1) is 6.45. The van der Waals surface area contributed by atoms with Crippen LogP contribution in [0.25, 0.3) is 0 Å². The second-order valence-electron chi connectivity index (χ2n) is 2.72. The highest BCUT2D eigenvalue weighted by Crippen LogP contribution is 2.15. The highest BCUT2D eigenvalue weighted by atomic mass is 32.2. The third-order valence-electron chi connectivity index (χ3n) is 1.73. The van der Waals surface area contributed by atoms with Crippen LogP contribution in [0.2, 0.25) is 0 Å².